The maximum atomic E-state index is 10.4. The third-order valence-electron chi connectivity index (χ3n) is 2.43. The number of aliphatic carboxylic acids is 1. The molecule has 1 N–H and O–H groups in total. The number of carboxylic acid groups (broad SMARTS) is 1. The number of hydrogen-bond donors (Lipinski definition) is 1. The Morgan fingerprint density at radius 2 is 2.06 bits per heavy atom. The van der Waals surface area contributed by atoms with E-state index in [1.807, 2.05) is 30.3 Å². The van der Waals surface area contributed by atoms with Crippen molar-refractivity contribution in [2.24, 2.45) is 0 Å². The average Bonchev–Trinajstić information content (AvgIpc) is 2.34. The Hall–Kier alpha value is -1.39. The predicted octanol–water partition coefficient (Wildman–Crippen LogP) is 2.08. The Bertz CT molecular complexity index is 323. The van der Waals surface area contributed by atoms with E-state index in [2.05, 4.69) is 0 Å². The second kappa shape index (κ2) is 7.81. The molecule has 0 heterocycles. The van der Waals surface area contributed by atoms with Crippen molar-refractivity contribution in [1.82, 2.24) is 0 Å². The van der Waals surface area contributed by atoms with E-state index in [1.165, 1.54) is 0 Å². The summed E-state index contributed by atoms with van der Waals surface area (Å²) in [5.41, 5.74) is 1.10. The summed E-state index contributed by atoms with van der Waals surface area (Å²) in [6, 6.07) is 9.83. The molecule has 17 heavy (non-hydrogen) atoms. The van der Waals surface area contributed by atoms with Gasteiger partial charge in [-0.15, -0.1) is 0 Å². The summed E-state index contributed by atoms with van der Waals surface area (Å²) in [6.45, 7) is 0.937. The normalized spacial score (nSPS) is 12.3. The summed E-state index contributed by atoms with van der Waals surface area (Å²) >= 11 is 0. The van der Waals surface area contributed by atoms with E-state index >= 15 is 0 Å². The topological polar surface area (TPSA) is 55.8 Å². The molecule has 0 radical (unpaired) electrons. The minimum absolute atomic E-state index is 0.104. The molecule has 0 spiro atoms. The number of carbonyl (C=O) groups is 1. The first kappa shape index (κ1) is 13.7. The van der Waals surface area contributed by atoms with Gasteiger partial charge in [0, 0.05) is 13.5 Å². The van der Waals surface area contributed by atoms with Gasteiger partial charge in [-0.2, -0.15) is 0 Å². The molecule has 1 unspecified atom stereocenters. The largest absolute Gasteiger partial charge is 0.481 e. The summed E-state index contributed by atoms with van der Waals surface area (Å²) in [7, 11) is 1.57. The van der Waals surface area contributed by atoms with Gasteiger partial charge in [-0.1, -0.05) is 30.3 Å². The van der Waals surface area contributed by atoms with Crippen LogP contribution in [0, 0.1) is 0 Å². The highest BCUT2D eigenvalue weighted by Gasteiger charge is 2.09. The van der Waals surface area contributed by atoms with Gasteiger partial charge in [0.25, 0.3) is 0 Å². The van der Waals surface area contributed by atoms with E-state index in [9.17, 15) is 4.79 Å². The molecular formula is C13H18O4. The summed E-state index contributed by atoms with van der Waals surface area (Å²) in [6.07, 6.45) is 0.420. The molecule has 4 nitrogen and oxygen atoms in total. The molecule has 0 fully saturated rings. The molecule has 0 aromatic heterocycles. The van der Waals surface area contributed by atoms with Gasteiger partial charge in [-0.05, 0) is 12.0 Å². The van der Waals surface area contributed by atoms with Crippen LogP contribution in [0.25, 0.3) is 0 Å². The molecule has 1 rings (SSSR count). The minimum atomic E-state index is -0.810. The highest BCUT2D eigenvalue weighted by atomic mass is 16.5. The number of benzene rings is 1. The third-order valence-corrected chi connectivity index (χ3v) is 2.43. The van der Waals surface area contributed by atoms with Crippen molar-refractivity contribution in [3.63, 3.8) is 0 Å². The van der Waals surface area contributed by atoms with Crippen molar-refractivity contribution in [3.8, 4) is 0 Å². The van der Waals surface area contributed by atoms with Crippen LogP contribution in [0.5, 0.6) is 0 Å². The van der Waals surface area contributed by atoms with Gasteiger partial charge in [0.1, 0.15) is 0 Å². The van der Waals surface area contributed by atoms with E-state index in [-0.39, 0.29) is 12.5 Å². The number of ether oxygens (including phenoxy) is 2. The van der Waals surface area contributed by atoms with Crippen molar-refractivity contribution in [2.45, 2.75) is 25.6 Å². The summed E-state index contributed by atoms with van der Waals surface area (Å²) < 4.78 is 10.6. The zero-order chi connectivity index (χ0) is 12.5. The lowest BCUT2D eigenvalue weighted by Crippen LogP contribution is -2.19. The van der Waals surface area contributed by atoms with Gasteiger partial charge in [-0.25, -0.2) is 0 Å². The molecule has 1 atom stereocenters. The van der Waals surface area contributed by atoms with Crippen molar-refractivity contribution in [2.75, 3.05) is 13.7 Å². The highest BCUT2D eigenvalue weighted by Crippen LogP contribution is 2.05. The van der Waals surface area contributed by atoms with Gasteiger partial charge >= 0.3 is 5.97 Å². The second-order valence-corrected chi connectivity index (χ2v) is 3.79. The average molecular weight is 238 g/mol. The van der Waals surface area contributed by atoms with Crippen LogP contribution >= 0.6 is 0 Å². The lowest BCUT2D eigenvalue weighted by Gasteiger charge is -2.14. The van der Waals surface area contributed by atoms with E-state index in [0.29, 0.717) is 19.6 Å². The summed E-state index contributed by atoms with van der Waals surface area (Å²) in [4.78, 5) is 10.4. The lowest BCUT2D eigenvalue weighted by molar-refractivity contribution is -0.138. The van der Waals surface area contributed by atoms with Crippen LogP contribution in [0.1, 0.15) is 18.4 Å². The number of hydrogen-bond acceptors (Lipinski definition) is 3. The second-order valence-electron chi connectivity index (χ2n) is 3.79. The first-order valence-corrected chi connectivity index (χ1v) is 5.58. The molecule has 0 bridgehead atoms. The Labute approximate surface area is 101 Å². The standard InChI is InChI=1S/C13H18O4/c1-16-12(7-8-13(14)15)10-17-9-11-5-3-2-4-6-11/h2-6,12H,7-10H2,1H3,(H,14,15). The molecule has 4 heteroatoms. The Balaban J connectivity index is 2.21. The van der Waals surface area contributed by atoms with Crippen LogP contribution in [0.4, 0.5) is 0 Å². The molecule has 0 saturated heterocycles. The molecular weight excluding hydrogens is 220 g/mol. The predicted molar refractivity (Wildman–Crippen MR) is 63.8 cm³/mol. The molecule has 0 saturated carbocycles. The third kappa shape index (κ3) is 6.04. The minimum Gasteiger partial charge on any atom is -0.481 e. The number of methoxy groups -OCH3 is 1. The van der Waals surface area contributed by atoms with Gasteiger partial charge in [-0.3, -0.25) is 4.79 Å². The molecule has 1 aromatic carbocycles. The van der Waals surface area contributed by atoms with E-state index in [4.69, 9.17) is 14.6 Å². The van der Waals surface area contributed by atoms with Crippen LogP contribution in [0.15, 0.2) is 30.3 Å². The zero-order valence-corrected chi connectivity index (χ0v) is 9.96. The fourth-order valence-corrected chi connectivity index (χ4v) is 1.44. The van der Waals surface area contributed by atoms with Gasteiger partial charge < -0.3 is 14.6 Å². The van der Waals surface area contributed by atoms with Crippen LogP contribution in [-0.4, -0.2) is 30.9 Å². The van der Waals surface area contributed by atoms with E-state index in [0.717, 1.165) is 5.56 Å². The van der Waals surface area contributed by atoms with Crippen LogP contribution in [0.2, 0.25) is 0 Å². The maximum absolute atomic E-state index is 10.4. The van der Waals surface area contributed by atoms with E-state index < -0.39 is 5.97 Å². The molecule has 94 valence electrons. The van der Waals surface area contributed by atoms with Crippen molar-refractivity contribution in [1.29, 1.82) is 0 Å². The molecule has 0 aliphatic carbocycles. The van der Waals surface area contributed by atoms with Crippen molar-refractivity contribution >= 4 is 5.97 Å². The summed E-state index contributed by atoms with van der Waals surface area (Å²) in [5, 5.41) is 8.56. The van der Waals surface area contributed by atoms with Crippen molar-refractivity contribution in [3.05, 3.63) is 35.9 Å². The van der Waals surface area contributed by atoms with Gasteiger partial charge in [0.2, 0.25) is 0 Å². The van der Waals surface area contributed by atoms with Gasteiger partial charge in [0.15, 0.2) is 0 Å². The fraction of sp³-hybridized carbons (Fsp3) is 0.462. The number of carboxylic acids is 1. The van der Waals surface area contributed by atoms with E-state index in [1.54, 1.807) is 7.11 Å². The van der Waals surface area contributed by atoms with Crippen LogP contribution in [0.3, 0.4) is 0 Å². The zero-order valence-electron chi connectivity index (χ0n) is 9.96. The van der Waals surface area contributed by atoms with Gasteiger partial charge in [0.05, 0.1) is 19.3 Å². The van der Waals surface area contributed by atoms with Crippen LogP contribution < -0.4 is 0 Å². The molecule has 0 aliphatic rings. The lowest BCUT2D eigenvalue weighted by atomic mass is 10.2. The number of rotatable bonds is 8. The van der Waals surface area contributed by atoms with Crippen molar-refractivity contribution < 1.29 is 19.4 Å². The first-order chi connectivity index (χ1) is 8.22. The summed E-state index contributed by atoms with van der Waals surface area (Å²) in [5.74, 6) is -0.810. The molecule has 0 amide bonds. The molecule has 1 aromatic rings. The fourth-order valence-electron chi connectivity index (χ4n) is 1.44. The Morgan fingerprint density at radius 3 is 2.65 bits per heavy atom. The first-order valence-electron chi connectivity index (χ1n) is 5.58. The quantitative estimate of drug-likeness (QED) is 0.753. The Morgan fingerprint density at radius 1 is 1.35 bits per heavy atom. The SMILES string of the molecule is COC(CCC(=O)O)COCc1ccccc1. The maximum Gasteiger partial charge on any atom is 0.303 e. The van der Waals surface area contributed by atoms with Crippen LogP contribution in [-0.2, 0) is 20.9 Å². The smallest absolute Gasteiger partial charge is 0.303 e. The Kier molecular flexibility index (Phi) is 6.29. The molecule has 0 aliphatic heterocycles. The monoisotopic (exact) mass is 238 g/mol. The highest BCUT2D eigenvalue weighted by molar-refractivity contribution is 5.66.